The number of nitrogens with zero attached hydrogens (tertiary/aromatic N) is 2. The van der Waals surface area contributed by atoms with Gasteiger partial charge in [-0.25, -0.2) is 0 Å². The standard InChI is InChI=1S/C9H14ClN3O2/c1-3-15-9(14)7(11)4-8-6(10)5-13(2)12-8/h5,7H,3-4,11H2,1-2H3. The first kappa shape index (κ1) is 12.0. The Bertz CT molecular complexity index is 351. The molecule has 0 bridgehead atoms. The van der Waals surface area contributed by atoms with Crippen LogP contribution in [-0.2, 0) is 23.0 Å². The molecule has 1 aromatic heterocycles. The van der Waals surface area contributed by atoms with E-state index in [0.29, 0.717) is 23.7 Å². The van der Waals surface area contributed by atoms with E-state index in [9.17, 15) is 4.79 Å². The molecule has 1 aromatic rings. The summed E-state index contributed by atoms with van der Waals surface area (Å²) in [7, 11) is 1.76. The molecule has 0 saturated heterocycles. The number of halogens is 1. The molecule has 0 amide bonds. The van der Waals surface area contributed by atoms with Gasteiger partial charge in [0.05, 0.1) is 17.3 Å². The minimum Gasteiger partial charge on any atom is -0.465 e. The first-order valence-electron chi connectivity index (χ1n) is 4.64. The molecule has 15 heavy (non-hydrogen) atoms. The monoisotopic (exact) mass is 231 g/mol. The number of carbonyl (C=O) groups is 1. The minimum atomic E-state index is -0.711. The molecular weight excluding hydrogens is 218 g/mol. The van der Waals surface area contributed by atoms with Gasteiger partial charge in [-0.05, 0) is 6.92 Å². The lowest BCUT2D eigenvalue weighted by atomic mass is 10.2. The fraction of sp³-hybridized carbons (Fsp3) is 0.556. The number of carbonyl (C=O) groups excluding carboxylic acids is 1. The van der Waals surface area contributed by atoms with E-state index in [2.05, 4.69) is 5.10 Å². The van der Waals surface area contributed by atoms with Crippen molar-refractivity contribution in [3.63, 3.8) is 0 Å². The van der Waals surface area contributed by atoms with Crippen LogP contribution >= 0.6 is 11.6 Å². The normalized spacial score (nSPS) is 12.5. The van der Waals surface area contributed by atoms with Crippen molar-refractivity contribution in [1.82, 2.24) is 9.78 Å². The number of hydrogen-bond donors (Lipinski definition) is 1. The zero-order chi connectivity index (χ0) is 11.4. The van der Waals surface area contributed by atoms with Crippen molar-refractivity contribution < 1.29 is 9.53 Å². The van der Waals surface area contributed by atoms with Gasteiger partial charge in [0.25, 0.3) is 0 Å². The van der Waals surface area contributed by atoms with Gasteiger partial charge >= 0.3 is 5.97 Å². The molecular formula is C9H14ClN3O2. The Morgan fingerprint density at radius 3 is 2.93 bits per heavy atom. The van der Waals surface area contributed by atoms with Crippen LogP contribution in [0.2, 0.25) is 5.02 Å². The second-order valence-corrected chi connectivity index (χ2v) is 3.57. The van der Waals surface area contributed by atoms with Crippen LogP contribution in [0.4, 0.5) is 0 Å². The summed E-state index contributed by atoms with van der Waals surface area (Å²) < 4.78 is 6.36. The molecule has 2 N–H and O–H groups in total. The van der Waals surface area contributed by atoms with Crippen molar-refractivity contribution in [2.45, 2.75) is 19.4 Å². The highest BCUT2D eigenvalue weighted by molar-refractivity contribution is 6.31. The van der Waals surface area contributed by atoms with Gasteiger partial charge < -0.3 is 10.5 Å². The molecule has 0 aromatic carbocycles. The van der Waals surface area contributed by atoms with Gasteiger partial charge in [0.1, 0.15) is 6.04 Å². The van der Waals surface area contributed by atoms with Crippen LogP contribution in [0.5, 0.6) is 0 Å². The van der Waals surface area contributed by atoms with E-state index >= 15 is 0 Å². The quantitative estimate of drug-likeness (QED) is 0.767. The second-order valence-electron chi connectivity index (χ2n) is 3.16. The molecule has 1 atom stereocenters. The highest BCUT2D eigenvalue weighted by Gasteiger charge is 2.18. The molecule has 0 spiro atoms. The number of rotatable bonds is 4. The van der Waals surface area contributed by atoms with Crippen molar-refractivity contribution in [2.24, 2.45) is 12.8 Å². The van der Waals surface area contributed by atoms with E-state index in [4.69, 9.17) is 22.1 Å². The summed E-state index contributed by atoms with van der Waals surface area (Å²) in [4.78, 5) is 11.2. The van der Waals surface area contributed by atoms with E-state index in [1.165, 1.54) is 0 Å². The first-order chi connectivity index (χ1) is 7.04. The predicted octanol–water partition coefficient (Wildman–Crippen LogP) is 0.506. The molecule has 0 saturated carbocycles. The van der Waals surface area contributed by atoms with Crippen molar-refractivity contribution in [3.05, 3.63) is 16.9 Å². The summed E-state index contributed by atoms with van der Waals surface area (Å²) in [5.41, 5.74) is 6.24. The van der Waals surface area contributed by atoms with Gasteiger partial charge in [-0.15, -0.1) is 0 Å². The highest BCUT2D eigenvalue weighted by Crippen LogP contribution is 2.14. The van der Waals surface area contributed by atoms with Gasteiger partial charge in [-0.3, -0.25) is 9.48 Å². The smallest absolute Gasteiger partial charge is 0.323 e. The van der Waals surface area contributed by atoms with Crippen LogP contribution in [0.3, 0.4) is 0 Å². The molecule has 0 aliphatic carbocycles. The van der Waals surface area contributed by atoms with Crippen LogP contribution in [0, 0.1) is 0 Å². The summed E-state index contributed by atoms with van der Waals surface area (Å²) >= 11 is 5.88. The lowest BCUT2D eigenvalue weighted by Crippen LogP contribution is -2.34. The SMILES string of the molecule is CCOC(=O)C(N)Cc1nn(C)cc1Cl. The Balaban J connectivity index is 2.61. The van der Waals surface area contributed by atoms with Crippen LogP contribution in [-0.4, -0.2) is 28.4 Å². The Kier molecular flexibility index (Phi) is 4.11. The van der Waals surface area contributed by atoms with Gasteiger partial charge in [-0.1, -0.05) is 11.6 Å². The lowest BCUT2D eigenvalue weighted by molar-refractivity contribution is -0.144. The van der Waals surface area contributed by atoms with Crippen molar-refractivity contribution in [3.8, 4) is 0 Å². The summed E-state index contributed by atoms with van der Waals surface area (Å²) in [5, 5.41) is 4.60. The van der Waals surface area contributed by atoms with Gasteiger partial charge in [0.15, 0.2) is 0 Å². The lowest BCUT2D eigenvalue weighted by Gasteiger charge is -2.08. The second kappa shape index (κ2) is 5.14. The zero-order valence-corrected chi connectivity index (χ0v) is 9.49. The molecule has 1 unspecified atom stereocenters. The Hall–Kier alpha value is -1.07. The minimum absolute atomic E-state index is 0.290. The van der Waals surface area contributed by atoms with Crippen LogP contribution < -0.4 is 5.73 Å². The molecule has 0 aliphatic heterocycles. The summed E-state index contributed by atoms with van der Waals surface area (Å²) in [6.07, 6.45) is 1.95. The predicted molar refractivity (Wildman–Crippen MR) is 56.5 cm³/mol. The number of aryl methyl sites for hydroxylation is 1. The molecule has 84 valence electrons. The summed E-state index contributed by atoms with van der Waals surface area (Å²) in [5.74, 6) is -0.431. The van der Waals surface area contributed by atoms with E-state index in [1.807, 2.05) is 0 Å². The summed E-state index contributed by atoms with van der Waals surface area (Å²) in [6.45, 7) is 2.06. The molecule has 1 rings (SSSR count). The Morgan fingerprint density at radius 1 is 1.80 bits per heavy atom. The first-order valence-corrected chi connectivity index (χ1v) is 5.02. The number of hydrogen-bond acceptors (Lipinski definition) is 4. The van der Waals surface area contributed by atoms with Crippen LogP contribution in [0.1, 0.15) is 12.6 Å². The molecule has 0 fully saturated rings. The van der Waals surface area contributed by atoms with Crippen molar-refractivity contribution >= 4 is 17.6 Å². The molecule has 0 radical (unpaired) electrons. The molecule has 5 nitrogen and oxygen atoms in total. The van der Waals surface area contributed by atoms with Gasteiger partial charge in [-0.2, -0.15) is 5.10 Å². The molecule has 0 aliphatic rings. The fourth-order valence-corrected chi connectivity index (χ4v) is 1.44. The van der Waals surface area contributed by atoms with Crippen LogP contribution in [0.25, 0.3) is 0 Å². The maximum absolute atomic E-state index is 11.2. The fourth-order valence-electron chi connectivity index (χ4n) is 1.18. The average molecular weight is 232 g/mol. The maximum Gasteiger partial charge on any atom is 0.323 e. The Labute approximate surface area is 93.1 Å². The third kappa shape index (κ3) is 3.21. The number of aromatic nitrogens is 2. The highest BCUT2D eigenvalue weighted by atomic mass is 35.5. The third-order valence-electron chi connectivity index (χ3n) is 1.86. The molecule has 6 heteroatoms. The summed E-state index contributed by atoms with van der Waals surface area (Å²) in [6, 6.07) is -0.711. The number of esters is 1. The van der Waals surface area contributed by atoms with E-state index < -0.39 is 12.0 Å². The van der Waals surface area contributed by atoms with E-state index in [1.54, 1.807) is 24.9 Å². The third-order valence-corrected chi connectivity index (χ3v) is 2.17. The maximum atomic E-state index is 11.2. The Morgan fingerprint density at radius 2 is 2.47 bits per heavy atom. The number of ether oxygens (including phenoxy) is 1. The van der Waals surface area contributed by atoms with Gasteiger partial charge in [0, 0.05) is 19.7 Å². The van der Waals surface area contributed by atoms with Crippen molar-refractivity contribution in [1.29, 1.82) is 0 Å². The van der Waals surface area contributed by atoms with Crippen LogP contribution in [0.15, 0.2) is 6.20 Å². The largest absolute Gasteiger partial charge is 0.465 e. The zero-order valence-electron chi connectivity index (χ0n) is 8.74. The van der Waals surface area contributed by atoms with E-state index in [0.717, 1.165) is 0 Å². The van der Waals surface area contributed by atoms with E-state index in [-0.39, 0.29) is 0 Å². The number of nitrogens with two attached hydrogens (primary N) is 1. The molecule has 1 heterocycles. The van der Waals surface area contributed by atoms with Crippen molar-refractivity contribution in [2.75, 3.05) is 6.61 Å². The average Bonchev–Trinajstić information content (AvgIpc) is 2.45. The topological polar surface area (TPSA) is 70.1 Å². The van der Waals surface area contributed by atoms with Gasteiger partial charge in [0.2, 0.25) is 0 Å².